The van der Waals surface area contributed by atoms with Crippen molar-refractivity contribution < 1.29 is 8.42 Å². The van der Waals surface area contributed by atoms with Crippen molar-refractivity contribution in [2.24, 2.45) is 0 Å². The predicted molar refractivity (Wildman–Crippen MR) is 80.7 cm³/mol. The number of aromatic nitrogens is 2. The third-order valence-corrected chi connectivity index (χ3v) is 5.49. The topological polar surface area (TPSA) is 94.8 Å². The van der Waals surface area contributed by atoms with Gasteiger partial charge in [0.15, 0.2) is 0 Å². The molecule has 2 aromatic rings. The van der Waals surface area contributed by atoms with Gasteiger partial charge in [0.1, 0.15) is 0 Å². The molecule has 1 aliphatic carbocycles. The Morgan fingerprint density at radius 3 is 2.38 bits per heavy atom. The summed E-state index contributed by atoms with van der Waals surface area (Å²) in [6.07, 6.45) is 6.27. The Morgan fingerprint density at radius 1 is 1.00 bits per heavy atom. The average molecular weight is 309 g/mol. The third kappa shape index (κ3) is 3.19. The molecular weight excluding hydrogens is 290 g/mol. The van der Waals surface area contributed by atoms with Gasteiger partial charge < -0.3 is 9.97 Å². The number of fused-ring (bicyclic) bond motifs is 1. The highest BCUT2D eigenvalue weighted by molar-refractivity contribution is 7.89. The number of sulfonamides is 1. The summed E-state index contributed by atoms with van der Waals surface area (Å²) in [5, 5.41) is 0. The Kier molecular flexibility index (Phi) is 3.86. The van der Waals surface area contributed by atoms with Gasteiger partial charge in [0.2, 0.25) is 10.0 Å². The van der Waals surface area contributed by atoms with Crippen molar-refractivity contribution >= 4 is 21.1 Å². The average Bonchev–Trinajstić information content (AvgIpc) is 2.63. The first-order valence-corrected chi connectivity index (χ1v) is 8.77. The zero-order valence-corrected chi connectivity index (χ0v) is 12.5. The van der Waals surface area contributed by atoms with Crippen LogP contribution >= 0.6 is 0 Å². The van der Waals surface area contributed by atoms with Crippen molar-refractivity contribution in [3.63, 3.8) is 0 Å². The van der Waals surface area contributed by atoms with E-state index in [-0.39, 0.29) is 16.6 Å². The maximum Gasteiger partial charge on any atom is 0.323 e. The monoisotopic (exact) mass is 309 g/mol. The largest absolute Gasteiger partial charge is 0.323 e. The second kappa shape index (κ2) is 5.65. The van der Waals surface area contributed by atoms with E-state index in [0.29, 0.717) is 11.0 Å². The summed E-state index contributed by atoms with van der Waals surface area (Å²) in [5.41, 5.74) is 0.772. The van der Waals surface area contributed by atoms with Crippen LogP contribution in [0, 0.1) is 0 Å². The van der Waals surface area contributed by atoms with Crippen molar-refractivity contribution in [1.29, 1.82) is 0 Å². The molecule has 21 heavy (non-hydrogen) atoms. The predicted octanol–water partition coefficient (Wildman–Crippen LogP) is 1.86. The third-order valence-electron chi connectivity index (χ3n) is 3.97. The molecule has 114 valence electrons. The van der Waals surface area contributed by atoms with Gasteiger partial charge in [-0.05, 0) is 31.0 Å². The van der Waals surface area contributed by atoms with E-state index >= 15 is 0 Å². The molecule has 1 aromatic heterocycles. The summed E-state index contributed by atoms with van der Waals surface area (Å²) in [6.45, 7) is 0. The van der Waals surface area contributed by atoms with Gasteiger partial charge in [0, 0.05) is 6.04 Å². The van der Waals surface area contributed by atoms with Crippen molar-refractivity contribution in [2.75, 3.05) is 0 Å². The summed E-state index contributed by atoms with van der Waals surface area (Å²) in [6, 6.07) is 4.63. The lowest BCUT2D eigenvalue weighted by molar-refractivity contribution is 0.510. The van der Waals surface area contributed by atoms with Crippen LogP contribution in [0.2, 0.25) is 0 Å². The second-order valence-corrected chi connectivity index (χ2v) is 7.31. The maximum absolute atomic E-state index is 12.4. The van der Waals surface area contributed by atoms with E-state index < -0.39 is 10.0 Å². The van der Waals surface area contributed by atoms with E-state index in [1.54, 1.807) is 6.07 Å². The number of nitrogens with one attached hydrogen (secondary N) is 3. The van der Waals surface area contributed by atoms with Gasteiger partial charge in [-0.1, -0.05) is 25.7 Å². The molecule has 0 unspecified atom stereocenters. The first-order valence-electron chi connectivity index (χ1n) is 7.29. The van der Waals surface area contributed by atoms with Crippen LogP contribution in [0.5, 0.6) is 0 Å². The fourth-order valence-electron chi connectivity index (χ4n) is 2.86. The molecule has 1 aliphatic rings. The summed E-state index contributed by atoms with van der Waals surface area (Å²) >= 11 is 0. The number of hydrogen-bond donors (Lipinski definition) is 3. The van der Waals surface area contributed by atoms with E-state index in [4.69, 9.17) is 0 Å². The first-order chi connectivity index (χ1) is 10.0. The lowest BCUT2D eigenvalue weighted by Crippen LogP contribution is -2.34. The van der Waals surface area contributed by atoms with Gasteiger partial charge in [-0.15, -0.1) is 0 Å². The fraction of sp³-hybridized carbons (Fsp3) is 0.500. The highest BCUT2D eigenvalue weighted by atomic mass is 32.2. The maximum atomic E-state index is 12.4. The Hall–Kier alpha value is -1.60. The van der Waals surface area contributed by atoms with Crippen LogP contribution in [0.25, 0.3) is 11.0 Å². The van der Waals surface area contributed by atoms with E-state index in [9.17, 15) is 13.2 Å². The van der Waals surface area contributed by atoms with E-state index in [2.05, 4.69) is 14.7 Å². The minimum absolute atomic E-state index is 0.0125. The second-order valence-electron chi connectivity index (χ2n) is 5.60. The van der Waals surface area contributed by atoms with Gasteiger partial charge in [0.25, 0.3) is 0 Å². The molecule has 1 aromatic carbocycles. The van der Waals surface area contributed by atoms with Crippen molar-refractivity contribution in [3.8, 4) is 0 Å². The number of aromatic amines is 2. The van der Waals surface area contributed by atoms with Crippen molar-refractivity contribution in [2.45, 2.75) is 49.5 Å². The molecule has 0 saturated heterocycles. The zero-order valence-electron chi connectivity index (χ0n) is 11.7. The van der Waals surface area contributed by atoms with E-state index in [1.807, 2.05) is 0 Å². The number of H-pyrrole nitrogens is 2. The Labute approximate surface area is 123 Å². The SMILES string of the molecule is O=c1[nH]c2ccc(S(=O)(=O)NC3CCCCCC3)cc2[nH]1. The van der Waals surface area contributed by atoms with Gasteiger partial charge >= 0.3 is 5.69 Å². The Morgan fingerprint density at radius 2 is 1.67 bits per heavy atom. The highest BCUT2D eigenvalue weighted by Crippen LogP contribution is 2.20. The minimum atomic E-state index is -3.54. The van der Waals surface area contributed by atoms with Gasteiger partial charge in [0.05, 0.1) is 15.9 Å². The van der Waals surface area contributed by atoms with Gasteiger partial charge in [-0.3, -0.25) is 0 Å². The summed E-state index contributed by atoms with van der Waals surface area (Å²) in [7, 11) is -3.54. The highest BCUT2D eigenvalue weighted by Gasteiger charge is 2.21. The molecule has 0 spiro atoms. The van der Waals surface area contributed by atoms with Crippen LogP contribution in [0.1, 0.15) is 38.5 Å². The molecule has 3 rings (SSSR count). The van der Waals surface area contributed by atoms with Crippen molar-refractivity contribution in [1.82, 2.24) is 14.7 Å². The molecule has 7 heteroatoms. The summed E-state index contributed by atoms with van der Waals surface area (Å²) in [4.78, 5) is 16.6. The molecule has 3 N–H and O–H groups in total. The first kappa shape index (κ1) is 14.3. The molecular formula is C14H19N3O3S. The lowest BCUT2D eigenvalue weighted by Gasteiger charge is -2.16. The molecule has 0 atom stereocenters. The number of hydrogen-bond acceptors (Lipinski definition) is 3. The normalized spacial score (nSPS) is 17.9. The summed E-state index contributed by atoms with van der Waals surface area (Å²) in [5.74, 6) is 0. The molecule has 0 bridgehead atoms. The number of imidazole rings is 1. The minimum Gasteiger partial charge on any atom is -0.306 e. The Balaban J connectivity index is 1.86. The van der Waals surface area contributed by atoms with Crippen LogP contribution in [-0.4, -0.2) is 24.4 Å². The van der Waals surface area contributed by atoms with E-state index in [0.717, 1.165) is 25.7 Å². The number of rotatable bonds is 3. The van der Waals surface area contributed by atoms with Crippen LogP contribution < -0.4 is 10.4 Å². The van der Waals surface area contributed by atoms with Gasteiger partial charge in [-0.2, -0.15) is 0 Å². The van der Waals surface area contributed by atoms with Crippen molar-refractivity contribution in [3.05, 3.63) is 28.7 Å². The summed E-state index contributed by atoms with van der Waals surface area (Å²) < 4.78 is 27.7. The molecule has 0 radical (unpaired) electrons. The molecule has 1 saturated carbocycles. The molecule has 1 heterocycles. The quantitative estimate of drug-likeness (QED) is 0.755. The van der Waals surface area contributed by atoms with Crippen LogP contribution in [0.3, 0.4) is 0 Å². The van der Waals surface area contributed by atoms with E-state index in [1.165, 1.54) is 25.0 Å². The van der Waals surface area contributed by atoms with Crippen LogP contribution in [0.4, 0.5) is 0 Å². The van der Waals surface area contributed by atoms with Crippen LogP contribution in [0.15, 0.2) is 27.9 Å². The molecule has 1 fully saturated rings. The molecule has 0 amide bonds. The zero-order chi connectivity index (χ0) is 14.9. The fourth-order valence-corrected chi connectivity index (χ4v) is 4.19. The molecule has 0 aliphatic heterocycles. The number of benzene rings is 1. The Bertz CT molecular complexity index is 783. The standard InChI is InChI=1S/C14H19N3O3S/c18-14-15-12-8-7-11(9-13(12)16-14)21(19,20)17-10-5-3-1-2-4-6-10/h7-10,17H,1-6H2,(H2,15,16,18). The molecule has 6 nitrogen and oxygen atoms in total. The lowest BCUT2D eigenvalue weighted by atomic mass is 10.1. The smallest absolute Gasteiger partial charge is 0.306 e. The van der Waals surface area contributed by atoms with Gasteiger partial charge in [-0.25, -0.2) is 17.9 Å². The van der Waals surface area contributed by atoms with Crippen LogP contribution in [-0.2, 0) is 10.0 Å².